The van der Waals surface area contributed by atoms with Gasteiger partial charge in [0, 0.05) is 17.5 Å². The van der Waals surface area contributed by atoms with E-state index in [-0.39, 0.29) is 0 Å². The molecule has 0 radical (unpaired) electrons. The largest absolute Gasteiger partial charge is 0.300 e. The summed E-state index contributed by atoms with van der Waals surface area (Å²) in [5.41, 5.74) is 0. The van der Waals surface area contributed by atoms with Gasteiger partial charge in [-0.3, -0.25) is 4.90 Å². The lowest BCUT2D eigenvalue weighted by molar-refractivity contribution is 0.108. The van der Waals surface area contributed by atoms with Gasteiger partial charge in [0.25, 0.3) is 0 Å². The van der Waals surface area contributed by atoms with Crippen LogP contribution in [0.3, 0.4) is 0 Å². The van der Waals surface area contributed by atoms with E-state index in [0.717, 1.165) is 12.0 Å². The summed E-state index contributed by atoms with van der Waals surface area (Å²) in [5, 5.41) is 2.19. The first-order valence-electron chi connectivity index (χ1n) is 7.82. The molecule has 0 saturated carbocycles. The molecule has 2 nitrogen and oxygen atoms in total. The van der Waals surface area contributed by atoms with Gasteiger partial charge in [-0.2, -0.15) is 0 Å². The van der Waals surface area contributed by atoms with Gasteiger partial charge in [-0.1, -0.05) is 6.07 Å². The quantitative estimate of drug-likeness (QED) is 0.832. The minimum atomic E-state index is 0.811. The lowest BCUT2D eigenvalue weighted by Crippen LogP contribution is -2.42. The molecule has 0 N–H and O–H groups in total. The molecule has 0 aromatic carbocycles. The van der Waals surface area contributed by atoms with Crippen LogP contribution in [0.2, 0.25) is 0 Å². The highest BCUT2D eigenvalue weighted by Gasteiger charge is 2.28. The van der Waals surface area contributed by atoms with E-state index in [1.54, 1.807) is 0 Å². The van der Waals surface area contributed by atoms with Crippen LogP contribution in [-0.2, 0) is 6.54 Å². The van der Waals surface area contributed by atoms with Crippen molar-refractivity contribution in [3.63, 3.8) is 0 Å². The summed E-state index contributed by atoms with van der Waals surface area (Å²) in [6.45, 7) is 8.90. The zero-order valence-electron chi connectivity index (χ0n) is 12.1. The standard InChI is InChI=1S/C16H26N2S/c1-14(18-8-2-3-9-18)15-6-10-17(11-7-15)13-16-5-4-12-19-16/h4-5,12,14-15H,2-3,6-11,13H2,1H3. The SMILES string of the molecule is CC(C1CCN(Cc2cccs2)CC1)N1CCCC1. The van der Waals surface area contributed by atoms with Crippen LogP contribution in [0.25, 0.3) is 0 Å². The third-order valence-electron chi connectivity index (χ3n) is 4.99. The fourth-order valence-corrected chi connectivity index (χ4v) is 4.41. The Morgan fingerprint density at radius 3 is 2.58 bits per heavy atom. The summed E-state index contributed by atoms with van der Waals surface area (Å²) >= 11 is 1.89. The maximum absolute atomic E-state index is 2.72. The molecule has 106 valence electrons. The first-order valence-corrected chi connectivity index (χ1v) is 8.69. The molecule has 19 heavy (non-hydrogen) atoms. The van der Waals surface area contributed by atoms with E-state index in [1.165, 1.54) is 63.3 Å². The average Bonchev–Trinajstić information content (AvgIpc) is 3.12. The number of rotatable bonds is 4. The molecule has 0 aliphatic carbocycles. The van der Waals surface area contributed by atoms with Gasteiger partial charge in [-0.25, -0.2) is 0 Å². The summed E-state index contributed by atoms with van der Waals surface area (Å²) < 4.78 is 0. The Labute approximate surface area is 121 Å². The highest BCUT2D eigenvalue weighted by atomic mass is 32.1. The van der Waals surface area contributed by atoms with Crippen LogP contribution in [0.1, 0.15) is 37.5 Å². The number of piperidine rings is 1. The van der Waals surface area contributed by atoms with Crippen LogP contribution in [0.15, 0.2) is 17.5 Å². The fraction of sp³-hybridized carbons (Fsp3) is 0.750. The third kappa shape index (κ3) is 3.39. The summed E-state index contributed by atoms with van der Waals surface area (Å²) in [6.07, 6.45) is 5.62. The van der Waals surface area contributed by atoms with E-state index >= 15 is 0 Å². The fourth-order valence-electron chi connectivity index (χ4n) is 3.66. The van der Waals surface area contributed by atoms with E-state index in [2.05, 4.69) is 34.2 Å². The van der Waals surface area contributed by atoms with E-state index in [0.29, 0.717) is 0 Å². The molecule has 2 saturated heterocycles. The monoisotopic (exact) mass is 278 g/mol. The highest BCUT2D eigenvalue weighted by Crippen LogP contribution is 2.27. The van der Waals surface area contributed by atoms with Gasteiger partial charge in [0.15, 0.2) is 0 Å². The molecular formula is C16H26N2S. The van der Waals surface area contributed by atoms with Crippen molar-refractivity contribution in [1.29, 1.82) is 0 Å². The Balaban J connectivity index is 1.46. The average molecular weight is 278 g/mol. The first-order chi connectivity index (χ1) is 9.33. The van der Waals surface area contributed by atoms with Crippen molar-refractivity contribution < 1.29 is 0 Å². The van der Waals surface area contributed by atoms with Crippen molar-refractivity contribution in [2.75, 3.05) is 26.2 Å². The topological polar surface area (TPSA) is 6.48 Å². The minimum absolute atomic E-state index is 0.811. The molecule has 2 fully saturated rings. The first kappa shape index (κ1) is 13.6. The molecular weight excluding hydrogens is 252 g/mol. The van der Waals surface area contributed by atoms with E-state index in [4.69, 9.17) is 0 Å². The smallest absolute Gasteiger partial charge is 0.0327 e. The summed E-state index contributed by atoms with van der Waals surface area (Å²) in [4.78, 5) is 6.88. The Morgan fingerprint density at radius 1 is 1.21 bits per heavy atom. The molecule has 2 aliphatic heterocycles. The maximum atomic E-state index is 2.72. The van der Waals surface area contributed by atoms with Crippen molar-refractivity contribution in [2.45, 2.75) is 45.2 Å². The molecule has 3 heterocycles. The maximum Gasteiger partial charge on any atom is 0.0327 e. The van der Waals surface area contributed by atoms with E-state index in [1.807, 2.05) is 11.3 Å². The number of hydrogen-bond donors (Lipinski definition) is 0. The lowest BCUT2D eigenvalue weighted by Gasteiger charge is -2.38. The number of likely N-dealkylation sites (tertiary alicyclic amines) is 2. The minimum Gasteiger partial charge on any atom is -0.300 e. The Morgan fingerprint density at radius 2 is 1.95 bits per heavy atom. The van der Waals surface area contributed by atoms with Crippen molar-refractivity contribution in [1.82, 2.24) is 9.80 Å². The van der Waals surface area contributed by atoms with E-state index in [9.17, 15) is 0 Å². The van der Waals surface area contributed by atoms with Crippen LogP contribution in [0, 0.1) is 5.92 Å². The Bertz CT molecular complexity index is 362. The second-order valence-electron chi connectivity index (χ2n) is 6.18. The molecule has 1 aromatic rings. The van der Waals surface area contributed by atoms with Crippen LogP contribution >= 0.6 is 11.3 Å². The summed E-state index contributed by atoms with van der Waals surface area (Å²) in [5.74, 6) is 0.928. The van der Waals surface area contributed by atoms with Crippen LogP contribution < -0.4 is 0 Å². The molecule has 1 unspecified atom stereocenters. The lowest BCUT2D eigenvalue weighted by atomic mass is 9.89. The summed E-state index contributed by atoms with van der Waals surface area (Å²) in [7, 11) is 0. The molecule has 3 heteroatoms. The molecule has 3 rings (SSSR count). The Hall–Kier alpha value is -0.380. The predicted octanol–water partition coefficient (Wildman–Crippen LogP) is 3.44. The van der Waals surface area contributed by atoms with Crippen molar-refractivity contribution in [3.8, 4) is 0 Å². The van der Waals surface area contributed by atoms with E-state index < -0.39 is 0 Å². The van der Waals surface area contributed by atoms with Crippen LogP contribution in [0.5, 0.6) is 0 Å². The molecule has 0 spiro atoms. The molecule has 2 aliphatic rings. The number of nitrogens with zero attached hydrogens (tertiary/aromatic N) is 2. The van der Waals surface area contributed by atoms with Gasteiger partial charge < -0.3 is 4.90 Å². The second-order valence-corrected chi connectivity index (χ2v) is 7.21. The predicted molar refractivity (Wildman–Crippen MR) is 82.6 cm³/mol. The zero-order valence-corrected chi connectivity index (χ0v) is 12.9. The number of hydrogen-bond acceptors (Lipinski definition) is 3. The number of thiophene rings is 1. The van der Waals surface area contributed by atoms with Crippen LogP contribution in [0.4, 0.5) is 0 Å². The third-order valence-corrected chi connectivity index (χ3v) is 5.85. The second kappa shape index (κ2) is 6.38. The highest BCUT2D eigenvalue weighted by molar-refractivity contribution is 7.09. The van der Waals surface area contributed by atoms with Crippen molar-refractivity contribution in [3.05, 3.63) is 22.4 Å². The normalized spacial score (nSPS) is 24.9. The van der Waals surface area contributed by atoms with Crippen molar-refractivity contribution in [2.24, 2.45) is 5.92 Å². The van der Waals surface area contributed by atoms with Crippen molar-refractivity contribution >= 4 is 11.3 Å². The summed E-state index contributed by atoms with van der Waals surface area (Å²) in [6, 6.07) is 5.25. The van der Waals surface area contributed by atoms with Gasteiger partial charge in [0.1, 0.15) is 0 Å². The molecule has 1 aromatic heterocycles. The molecule has 0 bridgehead atoms. The zero-order chi connectivity index (χ0) is 13.1. The Kier molecular flexibility index (Phi) is 4.57. The van der Waals surface area contributed by atoms with Gasteiger partial charge >= 0.3 is 0 Å². The van der Waals surface area contributed by atoms with Gasteiger partial charge in [0.2, 0.25) is 0 Å². The molecule has 0 amide bonds. The van der Waals surface area contributed by atoms with Gasteiger partial charge in [-0.05, 0) is 76.2 Å². The van der Waals surface area contributed by atoms with Crippen LogP contribution in [-0.4, -0.2) is 42.0 Å². The van der Waals surface area contributed by atoms with Gasteiger partial charge in [-0.15, -0.1) is 11.3 Å². The molecule has 1 atom stereocenters. The van der Waals surface area contributed by atoms with Gasteiger partial charge in [0.05, 0.1) is 0 Å².